The third-order valence-electron chi connectivity index (χ3n) is 4.63. The summed E-state index contributed by atoms with van der Waals surface area (Å²) in [5, 5.41) is 15.2. The molecule has 4 rings (SSSR count). The number of allylic oxidation sites excluding steroid dienone is 3. The number of primary amides is 1. The molecular weight excluding hydrogens is 364 g/mol. The Morgan fingerprint density at radius 2 is 1.93 bits per heavy atom. The van der Waals surface area contributed by atoms with E-state index in [-0.39, 0.29) is 25.5 Å². The van der Waals surface area contributed by atoms with Gasteiger partial charge >= 0.3 is 5.97 Å². The summed E-state index contributed by atoms with van der Waals surface area (Å²) in [6.07, 6.45) is 2.24. The summed E-state index contributed by atoms with van der Waals surface area (Å²) in [7, 11) is 0. The van der Waals surface area contributed by atoms with E-state index in [9.17, 15) is 14.7 Å². The van der Waals surface area contributed by atoms with Gasteiger partial charge in [-0.3, -0.25) is 9.80 Å². The summed E-state index contributed by atoms with van der Waals surface area (Å²) in [6, 6.07) is 7.04. The van der Waals surface area contributed by atoms with Crippen LogP contribution in [0.15, 0.2) is 58.1 Å². The van der Waals surface area contributed by atoms with E-state index < -0.39 is 11.9 Å². The van der Waals surface area contributed by atoms with Crippen molar-refractivity contribution in [2.45, 2.75) is 12.8 Å². The molecule has 3 aliphatic rings. The Hall–Kier alpha value is -3.75. The van der Waals surface area contributed by atoms with E-state index in [4.69, 9.17) is 20.9 Å². The predicted molar refractivity (Wildman–Crippen MR) is 100 cm³/mol. The minimum absolute atomic E-state index is 0.0819. The first kappa shape index (κ1) is 17.7. The maximum absolute atomic E-state index is 11.7. The fourth-order valence-corrected chi connectivity index (χ4v) is 3.40. The number of rotatable bonds is 4. The molecule has 1 aromatic carbocycles. The van der Waals surface area contributed by atoms with Gasteiger partial charge in [0.05, 0.1) is 5.70 Å². The van der Waals surface area contributed by atoms with Crippen LogP contribution >= 0.6 is 0 Å². The number of anilines is 1. The molecule has 28 heavy (non-hydrogen) atoms. The Balaban J connectivity index is 1.93. The standard InChI is InChI=1S/C19H18N4O5/c20-12-3-1-10(2-4-12)18-13-7-16-15(27-9-28-16)6-11(13)5-14(19(25)26)22-23(18)8-17(21)24/h1-4,6H,5,7-9,20H2,(H2,21,24)(H,25,26). The van der Waals surface area contributed by atoms with E-state index in [1.807, 2.05) is 0 Å². The summed E-state index contributed by atoms with van der Waals surface area (Å²) >= 11 is 0. The number of fused-ring (bicyclic) bond motifs is 1. The molecule has 9 heteroatoms. The van der Waals surface area contributed by atoms with E-state index in [1.165, 1.54) is 5.01 Å². The van der Waals surface area contributed by atoms with Crippen LogP contribution in [0, 0.1) is 0 Å². The second kappa shape index (κ2) is 6.76. The first-order valence-corrected chi connectivity index (χ1v) is 8.57. The molecule has 0 bridgehead atoms. The van der Waals surface area contributed by atoms with Crippen molar-refractivity contribution in [1.29, 1.82) is 0 Å². The molecule has 2 aliphatic heterocycles. The molecular formula is C19H18N4O5. The van der Waals surface area contributed by atoms with Gasteiger partial charge in [0, 0.05) is 24.1 Å². The van der Waals surface area contributed by atoms with Gasteiger partial charge in [-0.2, -0.15) is 5.10 Å². The molecule has 0 saturated carbocycles. The van der Waals surface area contributed by atoms with Gasteiger partial charge in [-0.05, 0) is 29.4 Å². The second-order valence-corrected chi connectivity index (χ2v) is 6.54. The molecule has 0 spiro atoms. The van der Waals surface area contributed by atoms with Crippen LogP contribution in [0.1, 0.15) is 18.4 Å². The van der Waals surface area contributed by atoms with Crippen molar-refractivity contribution in [2.24, 2.45) is 10.8 Å². The van der Waals surface area contributed by atoms with Crippen LogP contribution in [0.5, 0.6) is 0 Å². The number of nitrogens with two attached hydrogens (primary N) is 2. The fraction of sp³-hybridized carbons (Fsp3) is 0.211. The highest BCUT2D eigenvalue weighted by Gasteiger charge is 2.33. The fourth-order valence-electron chi connectivity index (χ4n) is 3.40. The lowest BCUT2D eigenvalue weighted by Gasteiger charge is -2.25. The number of nitrogen functional groups attached to an aromatic ring is 1. The maximum Gasteiger partial charge on any atom is 0.352 e. The summed E-state index contributed by atoms with van der Waals surface area (Å²) in [5.74, 6) is -0.560. The Morgan fingerprint density at radius 1 is 1.18 bits per heavy atom. The number of hydrazone groups is 1. The normalized spacial score (nSPS) is 18.4. The van der Waals surface area contributed by atoms with Crippen LogP contribution in [0.2, 0.25) is 0 Å². The molecule has 1 amide bonds. The smallest absolute Gasteiger partial charge is 0.352 e. The summed E-state index contributed by atoms with van der Waals surface area (Å²) in [4.78, 5) is 23.4. The second-order valence-electron chi connectivity index (χ2n) is 6.54. The van der Waals surface area contributed by atoms with E-state index in [0.29, 0.717) is 29.3 Å². The van der Waals surface area contributed by atoms with Gasteiger partial charge in [0.15, 0.2) is 5.76 Å². The van der Waals surface area contributed by atoms with Crippen LogP contribution < -0.4 is 11.5 Å². The number of aliphatic carboxylic acids is 1. The third-order valence-corrected chi connectivity index (χ3v) is 4.63. The van der Waals surface area contributed by atoms with Gasteiger partial charge in [-0.15, -0.1) is 0 Å². The highest BCUT2D eigenvalue weighted by atomic mass is 16.7. The molecule has 5 N–H and O–H groups in total. The number of carboxylic acid groups (broad SMARTS) is 1. The molecule has 9 nitrogen and oxygen atoms in total. The number of carboxylic acids is 1. The number of hydrogen-bond acceptors (Lipinski definition) is 7. The number of hydrogen-bond donors (Lipinski definition) is 3. The van der Waals surface area contributed by atoms with Crippen LogP contribution in [0.4, 0.5) is 5.69 Å². The zero-order valence-corrected chi connectivity index (χ0v) is 14.8. The lowest BCUT2D eigenvalue weighted by Crippen LogP contribution is -2.31. The number of nitrogens with zero attached hydrogens (tertiary/aromatic N) is 2. The largest absolute Gasteiger partial charge is 0.477 e. The highest BCUT2D eigenvalue weighted by Crippen LogP contribution is 2.41. The quantitative estimate of drug-likeness (QED) is 0.664. The molecule has 1 aliphatic carbocycles. The van der Waals surface area contributed by atoms with E-state index in [2.05, 4.69) is 5.10 Å². The highest BCUT2D eigenvalue weighted by molar-refractivity contribution is 6.36. The number of carbonyl (C=O) groups is 2. The van der Waals surface area contributed by atoms with Crippen molar-refractivity contribution in [3.8, 4) is 0 Å². The Labute approximate surface area is 160 Å². The monoisotopic (exact) mass is 382 g/mol. The topological polar surface area (TPSA) is 140 Å². The molecule has 0 saturated heterocycles. The van der Waals surface area contributed by atoms with E-state index in [1.54, 1.807) is 30.3 Å². The summed E-state index contributed by atoms with van der Waals surface area (Å²) in [6.45, 7) is -0.152. The molecule has 2 heterocycles. The van der Waals surface area contributed by atoms with Crippen molar-refractivity contribution >= 4 is 29.0 Å². The van der Waals surface area contributed by atoms with Crippen molar-refractivity contribution in [3.05, 3.63) is 58.6 Å². The van der Waals surface area contributed by atoms with Crippen LogP contribution in [0.3, 0.4) is 0 Å². The third kappa shape index (κ3) is 3.18. The van der Waals surface area contributed by atoms with Crippen LogP contribution in [-0.4, -0.2) is 41.0 Å². The van der Waals surface area contributed by atoms with Crippen molar-refractivity contribution in [2.75, 3.05) is 19.1 Å². The average Bonchev–Trinajstić information content (AvgIpc) is 3.03. The SMILES string of the molecule is NC(=O)CN1N=C(C(=O)O)CC2=CC3=C(CC2=C1c1ccc(N)cc1)OCO3. The van der Waals surface area contributed by atoms with E-state index in [0.717, 1.165) is 16.7 Å². The first-order valence-electron chi connectivity index (χ1n) is 8.57. The minimum atomic E-state index is -1.17. The van der Waals surface area contributed by atoms with Crippen LogP contribution in [-0.2, 0) is 19.1 Å². The molecule has 0 radical (unpaired) electrons. The molecule has 1 aromatic rings. The summed E-state index contributed by atoms with van der Waals surface area (Å²) in [5.41, 5.74) is 14.5. The number of benzene rings is 1. The molecule has 0 unspecified atom stereocenters. The van der Waals surface area contributed by atoms with Gasteiger partial charge in [-0.1, -0.05) is 12.1 Å². The van der Waals surface area contributed by atoms with Crippen molar-refractivity contribution in [1.82, 2.24) is 5.01 Å². The molecule has 144 valence electrons. The molecule has 0 atom stereocenters. The van der Waals surface area contributed by atoms with Crippen molar-refractivity contribution in [3.63, 3.8) is 0 Å². The minimum Gasteiger partial charge on any atom is -0.477 e. The van der Waals surface area contributed by atoms with Crippen molar-refractivity contribution < 1.29 is 24.2 Å². The van der Waals surface area contributed by atoms with Gasteiger partial charge in [0.25, 0.3) is 0 Å². The molecule has 0 fully saturated rings. The Kier molecular flexibility index (Phi) is 4.26. The maximum atomic E-state index is 11.7. The zero-order chi connectivity index (χ0) is 19.8. The lowest BCUT2D eigenvalue weighted by molar-refractivity contribution is -0.129. The number of carbonyl (C=O) groups excluding carboxylic acids is 1. The van der Waals surface area contributed by atoms with Gasteiger partial charge in [0.1, 0.15) is 18.0 Å². The predicted octanol–water partition coefficient (Wildman–Crippen LogP) is 1.16. The van der Waals surface area contributed by atoms with Gasteiger partial charge in [0.2, 0.25) is 12.7 Å². The summed E-state index contributed by atoms with van der Waals surface area (Å²) < 4.78 is 11.0. The molecule has 0 aromatic heterocycles. The lowest BCUT2D eigenvalue weighted by atomic mass is 9.89. The Bertz CT molecular complexity index is 988. The number of amides is 1. The first-order chi connectivity index (χ1) is 13.4. The van der Waals surface area contributed by atoms with Gasteiger partial charge < -0.3 is 26.0 Å². The van der Waals surface area contributed by atoms with E-state index >= 15 is 0 Å². The van der Waals surface area contributed by atoms with Crippen LogP contribution in [0.25, 0.3) is 5.70 Å². The zero-order valence-electron chi connectivity index (χ0n) is 14.8. The Morgan fingerprint density at radius 3 is 2.61 bits per heavy atom. The van der Waals surface area contributed by atoms with Gasteiger partial charge in [-0.25, -0.2) is 4.79 Å². The average molecular weight is 382 g/mol. The number of ether oxygens (including phenoxy) is 2.